The van der Waals surface area contributed by atoms with E-state index in [0.29, 0.717) is 10.6 Å². The van der Waals surface area contributed by atoms with E-state index in [4.69, 9.17) is 11.6 Å². The van der Waals surface area contributed by atoms with E-state index in [9.17, 15) is 9.59 Å². The van der Waals surface area contributed by atoms with Gasteiger partial charge in [0.1, 0.15) is 0 Å². The zero-order valence-electron chi connectivity index (χ0n) is 11.6. The quantitative estimate of drug-likeness (QED) is 0.809. The summed E-state index contributed by atoms with van der Waals surface area (Å²) < 4.78 is 0. The molecule has 1 aromatic heterocycles. The van der Waals surface area contributed by atoms with Gasteiger partial charge in [-0.25, -0.2) is 0 Å². The van der Waals surface area contributed by atoms with Gasteiger partial charge in [0, 0.05) is 28.3 Å². The number of hydrogen-bond acceptors (Lipinski definition) is 3. The van der Waals surface area contributed by atoms with Crippen molar-refractivity contribution in [3.05, 3.63) is 57.2 Å². The summed E-state index contributed by atoms with van der Waals surface area (Å²) in [6, 6.07) is 10.6. The summed E-state index contributed by atoms with van der Waals surface area (Å²) in [5.74, 6) is -0.163. The highest BCUT2D eigenvalue weighted by atomic mass is 35.5. The summed E-state index contributed by atoms with van der Waals surface area (Å²) >= 11 is 7.38. The van der Waals surface area contributed by atoms with Crippen molar-refractivity contribution in [3.63, 3.8) is 0 Å². The molecule has 0 spiro atoms. The summed E-state index contributed by atoms with van der Waals surface area (Å²) in [6.07, 6.45) is 0.391. The van der Waals surface area contributed by atoms with Crippen molar-refractivity contribution in [1.29, 1.82) is 0 Å². The predicted octanol–water partition coefficient (Wildman–Crippen LogP) is 4.24. The molecule has 1 heterocycles. The van der Waals surface area contributed by atoms with Crippen LogP contribution in [0.2, 0.25) is 5.02 Å². The highest BCUT2D eigenvalue weighted by Gasteiger charge is 2.13. The number of thiophene rings is 1. The van der Waals surface area contributed by atoms with Crippen LogP contribution in [0.1, 0.15) is 41.0 Å². The van der Waals surface area contributed by atoms with E-state index in [2.05, 4.69) is 5.32 Å². The highest BCUT2D eigenvalue weighted by Crippen LogP contribution is 2.18. The Kier molecular flexibility index (Phi) is 5.53. The van der Waals surface area contributed by atoms with Crippen LogP contribution in [0.5, 0.6) is 0 Å². The number of ketones is 1. The predicted molar refractivity (Wildman–Crippen MR) is 85.9 cm³/mol. The molecule has 3 nitrogen and oxygen atoms in total. The fraction of sp³-hybridized carbons (Fsp3) is 0.250. The second kappa shape index (κ2) is 7.38. The molecule has 0 aliphatic rings. The van der Waals surface area contributed by atoms with Gasteiger partial charge in [0.2, 0.25) is 5.91 Å². The number of amides is 1. The molecule has 1 unspecified atom stereocenters. The molecule has 0 aliphatic carbocycles. The van der Waals surface area contributed by atoms with Crippen LogP contribution in [0.3, 0.4) is 0 Å². The van der Waals surface area contributed by atoms with E-state index in [0.717, 1.165) is 4.88 Å². The maximum Gasteiger partial charge on any atom is 0.220 e. The van der Waals surface area contributed by atoms with Gasteiger partial charge in [-0.3, -0.25) is 9.59 Å². The Balaban J connectivity index is 1.81. The molecular weight excluding hydrogens is 306 g/mol. The van der Waals surface area contributed by atoms with Crippen molar-refractivity contribution in [1.82, 2.24) is 5.32 Å². The fourth-order valence-corrected chi connectivity index (χ4v) is 2.79. The molecule has 0 aliphatic heterocycles. The van der Waals surface area contributed by atoms with E-state index in [1.807, 2.05) is 24.4 Å². The minimum absolute atomic E-state index is 0.0249. The van der Waals surface area contributed by atoms with Gasteiger partial charge in [0.15, 0.2) is 5.78 Å². The second-order valence-corrected chi connectivity index (χ2v) is 6.15. The number of rotatable bonds is 6. The molecule has 0 radical (unpaired) electrons. The van der Waals surface area contributed by atoms with Gasteiger partial charge < -0.3 is 5.32 Å². The Morgan fingerprint density at radius 3 is 2.52 bits per heavy atom. The van der Waals surface area contributed by atoms with Gasteiger partial charge in [-0.1, -0.05) is 17.7 Å². The highest BCUT2D eigenvalue weighted by molar-refractivity contribution is 7.10. The molecule has 0 fully saturated rings. The molecule has 110 valence electrons. The Labute approximate surface area is 132 Å². The molecule has 1 N–H and O–H groups in total. The summed E-state index contributed by atoms with van der Waals surface area (Å²) in [7, 11) is 0. The normalized spacial score (nSPS) is 11.9. The molecule has 5 heteroatoms. The number of nitrogens with one attached hydrogen (secondary N) is 1. The minimum atomic E-state index is -0.113. The van der Waals surface area contributed by atoms with Crippen LogP contribution in [-0.4, -0.2) is 11.7 Å². The largest absolute Gasteiger partial charge is 0.349 e. The van der Waals surface area contributed by atoms with Crippen LogP contribution in [0.25, 0.3) is 0 Å². The maximum atomic E-state index is 12.0. The number of Topliss-reactive ketones (excluding diaryl/α,β-unsaturated/α-hetero) is 1. The first-order valence-electron chi connectivity index (χ1n) is 6.68. The lowest BCUT2D eigenvalue weighted by molar-refractivity contribution is -0.121. The Morgan fingerprint density at radius 1 is 1.19 bits per heavy atom. The van der Waals surface area contributed by atoms with Crippen LogP contribution in [0, 0.1) is 0 Å². The lowest BCUT2D eigenvalue weighted by atomic mass is 10.1. The van der Waals surface area contributed by atoms with Crippen LogP contribution in [0.15, 0.2) is 41.8 Å². The van der Waals surface area contributed by atoms with Gasteiger partial charge in [-0.05, 0) is 42.6 Å². The van der Waals surface area contributed by atoms with Crippen LogP contribution < -0.4 is 5.32 Å². The van der Waals surface area contributed by atoms with E-state index >= 15 is 0 Å². The number of carbonyl (C=O) groups excluding carboxylic acids is 2. The molecule has 1 aromatic carbocycles. The Morgan fingerprint density at radius 2 is 1.90 bits per heavy atom. The second-order valence-electron chi connectivity index (χ2n) is 4.73. The molecule has 0 saturated carbocycles. The third-order valence-electron chi connectivity index (χ3n) is 3.09. The SMILES string of the molecule is CC(NC(=O)CCC(=O)c1ccc(Cl)cc1)c1cccs1. The van der Waals surface area contributed by atoms with Gasteiger partial charge in [-0.15, -0.1) is 11.3 Å². The van der Waals surface area contributed by atoms with Crippen molar-refractivity contribution in [2.45, 2.75) is 25.8 Å². The van der Waals surface area contributed by atoms with E-state index in [-0.39, 0.29) is 30.6 Å². The van der Waals surface area contributed by atoms with Crippen LogP contribution >= 0.6 is 22.9 Å². The number of halogens is 1. The summed E-state index contributed by atoms with van der Waals surface area (Å²) in [4.78, 5) is 24.9. The molecule has 1 amide bonds. The maximum absolute atomic E-state index is 12.0. The first kappa shape index (κ1) is 15.7. The first-order chi connectivity index (χ1) is 10.1. The minimum Gasteiger partial charge on any atom is -0.349 e. The van der Waals surface area contributed by atoms with Crippen LogP contribution in [-0.2, 0) is 4.79 Å². The van der Waals surface area contributed by atoms with Crippen molar-refractivity contribution >= 4 is 34.6 Å². The third kappa shape index (κ3) is 4.69. The topological polar surface area (TPSA) is 46.2 Å². The average Bonchev–Trinajstić information content (AvgIpc) is 3.00. The molecule has 0 bridgehead atoms. The van der Waals surface area contributed by atoms with Gasteiger partial charge >= 0.3 is 0 Å². The Bertz CT molecular complexity index is 608. The molecular formula is C16H16ClNO2S. The fourth-order valence-electron chi connectivity index (χ4n) is 1.93. The Hall–Kier alpha value is -1.65. The van der Waals surface area contributed by atoms with E-state index < -0.39 is 0 Å². The van der Waals surface area contributed by atoms with Crippen LogP contribution in [0.4, 0.5) is 0 Å². The first-order valence-corrected chi connectivity index (χ1v) is 7.93. The standard InChI is InChI=1S/C16H16ClNO2S/c1-11(15-3-2-10-21-15)18-16(20)9-8-14(19)12-4-6-13(17)7-5-12/h2-7,10-11H,8-9H2,1H3,(H,18,20). The zero-order chi connectivity index (χ0) is 15.2. The monoisotopic (exact) mass is 321 g/mol. The van der Waals surface area contributed by atoms with Gasteiger partial charge in [-0.2, -0.15) is 0 Å². The lowest BCUT2D eigenvalue weighted by Gasteiger charge is -2.11. The van der Waals surface area contributed by atoms with E-state index in [1.165, 1.54) is 0 Å². The summed E-state index contributed by atoms with van der Waals surface area (Å²) in [5, 5.41) is 5.46. The lowest BCUT2D eigenvalue weighted by Crippen LogP contribution is -2.26. The van der Waals surface area contributed by atoms with Crippen molar-refractivity contribution in [2.24, 2.45) is 0 Å². The number of hydrogen-bond donors (Lipinski definition) is 1. The van der Waals surface area contributed by atoms with Gasteiger partial charge in [0.05, 0.1) is 6.04 Å². The number of carbonyl (C=O) groups is 2. The van der Waals surface area contributed by atoms with Crippen molar-refractivity contribution in [3.8, 4) is 0 Å². The van der Waals surface area contributed by atoms with Crippen molar-refractivity contribution < 1.29 is 9.59 Å². The molecule has 0 saturated heterocycles. The average molecular weight is 322 g/mol. The zero-order valence-corrected chi connectivity index (χ0v) is 13.2. The number of benzene rings is 1. The van der Waals surface area contributed by atoms with Crippen molar-refractivity contribution in [2.75, 3.05) is 0 Å². The molecule has 21 heavy (non-hydrogen) atoms. The molecule has 1 atom stereocenters. The third-order valence-corrected chi connectivity index (χ3v) is 4.40. The van der Waals surface area contributed by atoms with Gasteiger partial charge in [0.25, 0.3) is 0 Å². The molecule has 2 rings (SSSR count). The summed E-state index contributed by atoms with van der Waals surface area (Å²) in [5.41, 5.74) is 0.582. The summed E-state index contributed by atoms with van der Waals surface area (Å²) in [6.45, 7) is 1.94. The molecule has 2 aromatic rings. The smallest absolute Gasteiger partial charge is 0.220 e. The van der Waals surface area contributed by atoms with E-state index in [1.54, 1.807) is 35.6 Å².